The fourth-order valence-electron chi connectivity index (χ4n) is 4.04. The summed E-state index contributed by atoms with van der Waals surface area (Å²) in [6.45, 7) is 0. The zero-order valence-electron chi connectivity index (χ0n) is 19.8. The zero-order valence-corrected chi connectivity index (χ0v) is 20.6. The molecule has 0 amide bonds. The molecule has 5 rings (SSSR count). The van der Waals surface area contributed by atoms with Crippen LogP contribution in [0, 0.1) is 11.3 Å². The minimum atomic E-state index is -0.689. The van der Waals surface area contributed by atoms with Crippen LogP contribution in [0.25, 0.3) is 33.4 Å². The van der Waals surface area contributed by atoms with Gasteiger partial charge in [-0.2, -0.15) is 5.26 Å². The van der Waals surface area contributed by atoms with E-state index in [4.69, 9.17) is 14.1 Å². The summed E-state index contributed by atoms with van der Waals surface area (Å²) < 4.78 is 10.9. The molecule has 3 aromatic carbocycles. The Balaban J connectivity index is 1.57. The van der Waals surface area contributed by atoms with Crippen molar-refractivity contribution in [3.05, 3.63) is 113 Å². The van der Waals surface area contributed by atoms with Crippen LogP contribution in [-0.4, -0.2) is 23.6 Å². The van der Waals surface area contributed by atoms with Crippen LogP contribution >= 0.6 is 11.8 Å². The third kappa shape index (κ3) is 4.88. The Bertz CT molecular complexity index is 1720. The molecule has 6 nitrogen and oxygen atoms in total. The number of pyridine rings is 1. The third-order valence-corrected chi connectivity index (χ3v) is 6.82. The minimum Gasteiger partial charge on any atom is -0.496 e. The number of fused-ring (bicyclic) bond motifs is 1. The van der Waals surface area contributed by atoms with E-state index in [1.807, 2.05) is 66.7 Å². The molecule has 0 spiro atoms. The van der Waals surface area contributed by atoms with Crippen molar-refractivity contribution in [1.82, 2.24) is 4.98 Å². The van der Waals surface area contributed by atoms with Crippen molar-refractivity contribution < 1.29 is 13.9 Å². The van der Waals surface area contributed by atoms with E-state index in [0.29, 0.717) is 38.6 Å². The molecule has 0 atom stereocenters. The zero-order chi connectivity index (χ0) is 25.8. The number of ketones is 1. The molecule has 0 aliphatic rings. The number of thioether (sulfide) groups is 1. The molecule has 37 heavy (non-hydrogen) atoms. The fourth-order valence-corrected chi connectivity index (χ4v) is 4.92. The van der Waals surface area contributed by atoms with Crippen molar-refractivity contribution in [1.29, 1.82) is 5.26 Å². The molecule has 180 valence electrons. The van der Waals surface area contributed by atoms with E-state index in [0.717, 1.165) is 22.9 Å². The molecule has 2 heterocycles. The second-order valence-electron chi connectivity index (χ2n) is 8.11. The molecule has 5 aromatic rings. The quantitative estimate of drug-likeness (QED) is 0.144. The van der Waals surface area contributed by atoms with Crippen molar-refractivity contribution in [2.45, 2.75) is 5.03 Å². The largest absolute Gasteiger partial charge is 0.496 e. The predicted molar refractivity (Wildman–Crippen MR) is 144 cm³/mol. The first kappa shape index (κ1) is 24.0. The number of rotatable bonds is 7. The molecule has 0 saturated heterocycles. The van der Waals surface area contributed by atoms with Gasteiger partial charge in [-0.25, -0.2) is 9.78 Å². The first-order valence-corrected chi connectivity index (χ1v) is 12.4. The molecule has 0 aliphatic heterocycles. The number of nitriles is 1. The summed E-state index contributed by atoms with van der Waals surface area (Å²) >= 11 is 1.12. The van der Waals surface area contributed by atoms with Gasteiger partial charge in [0.25, 0.3) is 0 Å². The molecule has 7 heteroatoms. The Morgan fingerprint density at radius 1 is 0.973 bits per heavy atom. The molecule has 0 fully saturated rings. The highest BCUT2D eigenvalue weighted by Gasteiger charge is 2.20. The van der Waals surface area contributed by atoms with Gasteiger partial charge in [-0.05, 0) is 24.3 Å². The van der Waals surface area contributed by atoms with Crippen LogP contribution in [0.5, 0.6) is 5.75 Å². The van der Waals surface area contributed by atoms with Crippen molar-refractivity contribution in [3.8, 4) is 34.2 Å². The van der Waals surface area contributed by atoms with Gasteiger partial charge < -0.3 is 9.15 Å². The van der Waals surface area contributed by atoms with Gasteiger partial charge in [0, 0.05) is 22.1 Å². The highest BCUT2D eigenvalue weighted by atomic mass is 32.2. The molecular formula is C30H20N2O4S. The molecule has 0 saturated carbocycles. The number of aromatic nitrogens is 1. The number of Topliss-reactive ketones (excluding diaryl/α,β-unsaturated/α-hetero) is 1. The number of hydrogen-bond donors (Lipinski definition) is 0. The van der Waals surface area contributed by atoms with Crippen LogP contribution in [0.2, 0.25) is 0 Å². The van der Waals surface area contributed by atoms with E-state index >= 15 is 0 Å². The normalized spacial score (nSPS) is 10.7. The van der Waals surface area contributed by atoms with Crippen molar-refractivity contribution in [2.24, 2.45) is 0 Å². The number of carbonyl (C=O) groups excluding carboxylic acids is 1. The number of methoxy groups -OCH3 is 1. The van der Waals surface area contributed by atoms with Crippen LogP contribution in [-0.2, 0) is 0 Å². The maximum absolute atomic E-state index is 13.1. The minimum absolute atomic E-state index is 0.0335. The van der Waals surface area contributed by atoms with Crippen molar-refractivity contribution >= 4 is 28.5 Å². The van der Waals surface area contributed by atoms with E-state index in [1.54, 1.807) is 31.4 Å². The molecule has 2 aromatic heterocycles. The van der Waals surface area contributed by atoms with Gasteiger partial charge in [0.1, 0.15) is 28.0 Å². The number of carbonyl (C=O) groups is 1. The average molecular weight is 505 g/mol. The van der Waals surface area contributed by atoms with Crippen molar-refractivity contribution in [3.63, 3.8) is 0 Å². The molecule has 0 radical (unpaired) electrons. The van der Waals surface area contributed by atoms with Gasteiger partial charge in [0.15, 0.2) is 5.78 Å². The Labute approximate surface area is 217 Å². The monoisotopic (exact) mass is 504 g/mol. The van der Waals surface area contributed by atoms with Gasteiger partial charge in [0.2, 0.25) is 0 Å². The summed E-state index contributed by atoms with van der Waals surface area (Å²) in [6, 6.07) is 29.7. The van der Waals surface area contributed by atoms with E-state index in [-0.39, 0.29) is 11.3 Å². The number of hydrogen-bond acceptors (Lipinski definition) is 7. The molecule has 0 N–H and O–H groups in total. The standard InChI is InChI=1S/C30H20N2O4S/c1-35-28-14-8-6-12-21(28)22-16-25(19-9-3-2-4-10-19)32-29(24(22)17-31)37-18-26(33)23-15-20-11-5-7-13-27(20)36-30(23)34/h2-16H,18H2,1H3. The molecule has 0 aliphatic carbocycles. The third-order valence-electron chi connectivity index (χ3n) is 5.85. The van der Waals surface area contributed by atoms with Crippen LogP contribution in [0.4, 0.5) is 0 Å². The van der Waals surface area contributed by atoms with Gasteiger partial charge in [-0.3, -0.25) is 4.79 Å². The summed E-state index contributed by atoms with van der Waals surface area (Å²) in [5.74, 6) is 0.123. The Morgan fingerprint density at radius 3 is 2.49 bits per heavy atom. The van der Waals surface area contributed by atoms with Crippen LogP contribution in [0.3, 0.4) is 0 Å². The Kier molecular flexibility index (Phi) is 6.84. The van der Waals surface area contributed by atoms with E-state index in [1.165, 1.54) is 0 Å². The van der Waals surface area contributed by atoms with Crippen LogP contribution in [0.1, 0.15) is 15.9 Å². The second kappa shape index (κ2) is 10.5. The van der Waals surface area contributed by atoms with E-state index < -0.39 is 11.4 Å². The smallest absolute Gasteiger partial charge is 0.347 e. The average Bonchev–Trinajstić information content (AvgIpc) is 2.95. The van der Waals surface area contributed by atoms with Gasteiger partial charge >= 0.3 is 5.63 Å². The number of benzene rings is 3. The van der Waals surface area contributed by atoms with Crippen LogP contribution < -0.4 is 10.4 Å². The lowest BCUT2D eigenvalue weighted by Crippen LogP contribution is -2.15. The van der Waals surface area contributed by atoms with Crippen LogP contribution in [0.15, 0.2) is 105 Å². The highest BCUT2D eigenvalue weighted by Crippen LogP contribution is 2.38. The number of nitrogens with zero attached hydrogens (tertiary/aromatic N) is 2. The molecule has 0 bridgehead atoms. The predicted octanol–water partition coefficient (Wildman–Crippen LogP) is 6.38. The number of ether oxygens (including phenoxy) is 1. The summed E-state index contributed by atoms with van der Waals surface area (Å²) in [4.78, 5) is 30.3. The van der Waals surface area contributed by atoms with Gasteiger partial charge in [-0.15, -0.1) is 0 Å². The summed E-state index contributed by atoms with van der Waals surface area (Å²) in [7, 11) is 1.58. The van der Waals surface area contributed by atoms with E-state index in [2.05, 4.69) is 6.07 Å². The summed E-state index contributed by atoms with van der Waals surface area (Å²) in [5.41, 5.74) is 2.93. The SMILES string of the molecule is COc1ccccc1-c1cc(-c2ccccc2)nc(SCC(=O)c2cc3ccccc3oc2=O)c1C#N. The maximum atomic E-state index is 13.1. The maximum Gasteiger partial charge on any atom is 0.347 e. The molecular weight excluding hydrogens is 484 g/mol. The Morgan fingerprint density at radius 2 is 1.70 bits per heavy atom. The fraction of sp³-hybridized carbons (Fsp3) is 0.0667. The highest BCUT2D eigenvalue weighted by molar-refractivity contribution is 8.00. The van der Waals surface area contributed by atoms with Crippen molar-refractivity contribution in [2.75, 3.05) is 12.9 Å². The summed E-state index contributed by atoms with van der Waals surface area (Å²) in [5, 5.41) is 11.2. The van der Waals surface area contributed by atoms with Gasteiger partial charge in [-0.1, -0.05) is 78.5 Å². The lowest BCUT2D eigenvalue weighted by Gasteiger charge is -2.14. The number of para-hydroxylation sites is 2. The Hall–Kier alpha value is -4.67. The first-order chi connectivity index (χ1) is 18.1. The van der Waals surface area contributed by atoms with Gasteiger partial charge in [0.05, 0.1) is 24.1 Å². The lowest BCUT2D eigenvalue weighted by molar-refractivity contribution is 0.101. The second-order valence-corrected chi connectivity index (χ2v) is 9.07. The first-order valence-electron chi connectivity index (χ1n) is 11.4. The summed E-state index contributed by atoms with van der Waals surface area (Å²) in [6.07, 6.45) is 0. The van der Waals surface area contributed by atoms with E-state index in [9.17, 15) is 14.9 Å². The topological polar surface area (TPSA) is 93.2 Å². The molecule has 0 unspecified atom stereocenters. The lowest BCUT2D eigenvalue weighted by atomic mass is 9.98.